The van der Waals surface area contributed by atoms with Crippen molar-refractivity contribution in [2.45, 2.75) is 54.0 Å². The third-order valence-corrected chi connectivity index (χ3v) is 8.93. The molecule has 2 aromatic heterocycles. The number of hydrogen-bond donors (Lipinski definition) is 3. The number of benzene rings is 1. The van der Waals surface area contributed by atoms with E-state index in [0.29, 0.717) is 23.9 Å². The number of fused-ring (bicyclic) bond motifs is 1. The Morgan fingerprint density at radius 1 is 1.26 bits per heavy atom. The number of thioether (sulfide) groups is 1. The molecule has 1 saturated heterocycles. The summed E-state index contributed by atoms with van der Waals surface area (Å²) in [5, 5.41) is 4.18. The Bertz CT molecular complexity index is 1510. The molecule has 2 unspecified atom stereocenters. The number of aryl methyl sites for hydroxylation is 1. The highest BCUT2D eigenvalue weighted by molar-refractivity contribution is 8.00. The molecule has 3 N–H and O–H groups in total. The van der Waals surface area contributed by atoms with Gasteiger partial charge in [0.05, 0.1) is 51.4 Å². The second kappa shape index (κ2) is 8.85. The zero-order valence-corrected chi connectivity index (χ0v) is 20.8. The highest BCUT2D eigenvalue weighted by Crippen LogP contribution is 2.37. The molecule has 11 nitrogen and oxygen atoms in total. The van der Waals surface area contributed by atoms with E-state index in [0.717, 1.165) is 4.57 Å². The van der Waals surface area contributed by atoms with Crippen molar-refractivity contribution >= 4 is 32.7 Å². The molecule has 0 radical (unpaired) electrons. The first kappa shape index (κ1) is 24.2. The second-order valence-electron chi connectivity index (χ2n) is 9.06. The summed E-state index contributed by atoms with van der Waals surface area (Å²) < 4.78 is 45.8. The minimum absolute atomic E-state index is 0.0124. The molecular formula is C21H26FN7O4S2. The van der Waals surface area contributed by atoms with E-state index in [-0.39, 0.29) is 34.1 Å². The van der Waals surface area contributed by atoms with Crippen LogP contribution in [0.2, 0.25) is 0 Å². The monoisotopic (exact) mass is 523 g/mol. The van der Waals surface area contributed by atoms with Gasteiger partial charge in [0.1, 0.15) is 6.67 Å². The standard InChI is InChI=1S/C21H26FN7O4S2/c1-13-24-25-18(34-13)11-28-17-4-3-15(35(32,33)26-21(12-22)5-6-21)7-16(17)19(30)29(20(28)31)10-14-8-23-27(2)9-14/h3-4,7-9,13,18,24-26H,5-6,10-12H2,1-2H3. The molecule has 0 amide bonds. The first-order chi connectivity index (χ1) is 16.6. The van der Waals surface area contributed by atoms with Crippen molar-refractivity contribution in [2.75, 3.05) is 6.67 Å². The first-order valence-electron chi connectivity index (χ1n) is 11.1. The highest BCUT2D eigenvalue weighted by Gasteiger charge is 2.46. The fourth-order valence-corrected chi connectivity index (χ4v) is 6.63. The Morgan fingerprint density at radius 2 is 2.03 bits per heavy atom. The third-order valence-electron chi connectivity index (χ3n) is 6.23. The number of nitrogens with zero attached hydrogens (tertiary/aromatic N) is 4. The van der Waals surface area contributed by atoms with Crippen molar-refractivity contribution in [2.24, 2.45) is 7.05 Å². The molecule has 14 heteroatoms. The van der Waals surface area contributed by atoms with Gasteiger partial charge in [-0.25, -0.2) is 33.2 Å². The Hall–Kier alpha value is -2.52. The van der Waals surface area contributed by atoms with E-state index >= 15 is 0 Å². The van der Waals surface area contributed by atoms with Gasteiger partial charge in [-0.2, -0.15) is 5.10 Å². The Labute approximate surface area is 204 Å². The number of sulfonamides is 1. The van der Waals surface area contributed by atoms with Crippen LogP contribution in [-0.2, 0) is 30.2 Å². The van der Waals surface area contributed by atoms with Crippen molar-refractivity contribution in [1.82, 2.24) is 34.5 Å². The average molecular weight is 524 g/mol. The molecule has 0 spiro atoms. The van der Waals surface area contributed by atoms with Crippen LogP contribution in [0.25, 0.3) is 10.9 Å². The predicted molar refractivity (Wildman–Crippen MR) is 130 cm³/mol. The molecule has 1 aliphatic carbocycles. The summed E-state index contributed by atoms with van der Waals surface area (Å²) in [6.45, 7) is 1.42. The maximum absolute atomic E-state index is 13.5. The van der Waals surface area contributed by atoms with Crippen LogP contribution >= 0.6 is 11.8 Å². The van der Waals surface area contributed by atoms with Gasteiger partial charge in [0, 0.05) is 18.8 Å². The van der Waals surface area contributed by atoms with Crippen LogP contribution in [0, 0.1) is 0 Å². The molecule has 3 aromatic rings. The SMILES string of the molecule is CC1NNC(Cn2c(=O)n(Cc3cnn(C)c3)c(=O)c3cc(S(=O)(=O)NC4(CF)CC4)ccc32)S1. The Kier molecular flexibility index (Phi) is 6.12. The van der Waals surface area contributed by atoms with E-state index in [1.54, 1.807) is 35.9 Å². The van der Waals surface area contributed by atoms with Gasteiger partial charge in [-0.1, -0.05) is 0 Å². The summed E-state index contributed by atoms with van der Waals surface area (Å²) in [6, 6.07) is 4.07. The minimum Gasteiger partial charge on any atom is -0.291 e. The normalized spacial score (nSPS) is 21.6. The van der Waals surface area contributed by atoms with Crippen molar-refractivity contribution in [3.05, 3.63) is 57.0 Å². The molecule has 5 rings (SSSR count). The lowest BCUT2D eigenvalue weighted by atomic mass is 10.2. The van der Waals surface area contributed by atoms with E-state index in [4.69, 9.17) is 0 Å². The van der Waals surface area contributed by atoms with E-state index in [1.807, 2.05) is 6.92 Å². The van der Waals surface area contributed by atoms with Gasteiger partial charge in [-0.15, -0.1) is 11.8 Å². The van der Waals surface area contributed by atoms with Crippen LogP contribution in [0.1, 0.15) is 25.3 Å². The summed E-state index contributed by atoms with van der Waals surface area (Å²) in [6.07, 6.45) is 4.12. The number of aromatic nitrogens is 4. The fourth-order valence-electron chi connectivity index (χ4n) is 4.16. The zero-order valence-electron chi connectivity index (χ0n) is 19.2. The van der Waals surface area contributed by atoms with Gasteiger partial charge < -0.3 is 0 Å². The summed E-state index contributed by atoms with van der Waals surface area (Å²) in [4.78, 5) is 26.8. The predicted octanol–water partition coefficient (Wildman–Crippen LogP) is 0.239. The molecule has 1 saturated carbocycles. The van der Waals surface area contributed by atoms with E-state index in [2.05, 4.69) is 20.7 Å². The Morgan fingerprint density at radius 3 is 2.63 bits per heavy atom. The average Bonchev–Trinajstić information content (AvgIpc) is 3.26. The number of rotatable bonds is 8. The lowest BCUT2D eigenvalue weighted by Gasteiger charge is -2.18. The number of hydrazine groups is 1. The third kappa shape index (κ3) is 4.68. The van der Waals surface area contributed by atoms with Crippen molar-refractivity contribution in [1.29, 1.82) is 0 Å². The lowest BCUT2D eigenvalue weighted by Crippen LogP contribution is -2.43. The summed E-state index contributed by atoms with van der Waals surface area (Å²) >= 11 is 1.59. The number of nitrogens with one attached hydrogen (secondary N) is 3. The molecule has 1 aromatic carbocycles. The summed E-state index contributed by atoms with van der Waals surface area (Å²) in [5.74, 6) is 0. The van der Waals surface area contributed by atoms with Gasteiger partial charge in [-0.3, -0.25) is 18.6 Å². The maximum atomic E-state index is 13.5. The van der Waals surface area contributed by atoms with E-state index in [1.165, 1.54) is 22.8 Å². The summed E-state index contributed by atoms with van der Waals surface area (Å²) in [7, 11) is -2.33. The lowest BCUT2D eigenvalue weighted by molar-refractivity contribution is 0.393. The first-order valence-corrected chi connectivity index (χ1v) is 13.5. The van der Waals surface area contributed by atoms with Crippen LogP contribution in [-0.4, -0.2) is 50.3 Å². The van der Waals surface area contributed by atoms with Gasteiger partial charge in [-0.05, 0) is 38.0 Å². The molecule has 2 fully saturated rings. The van der Waals surface area contributed by atoms with Crippen LogP contribution in [0.5, 0.6) is 0 Å². The van der Waals surface area contributed by atoms with Crippen molar-refractivity contribution < 1.29 is 12.8 Å². The smallest absolute Gasteiger partial charge is 0.291 e. The van der Waals surface area contributed by atoms with Crippen molar-refractivity contribution in [3.8, 4) is 0 Å². The maximum Gasteiger partial charge on any atom is 0.331 e. The van der Waals surface area contributed by atoms with Crippen LogP contribution in [0.3, 0.4) is 0 Å². The number of alkyl halides is 1. The molecule has 188 valence electrons. The van der Waals surface area contributed by atoms with E-state index < -0.39 is 33.5 Å². The van der Waals surface area contributed by atoms with Crippen molar-refractivity contribution in [3.63, 3.8) is 0 Å². The quantitative estimate of drug-likeness (QED) is 0.383. The molecule has 0 bridgehead atoms. The molecular weight excluding hydrogens is 497 g/mol. The molecule has 35 heavy (non-hydrogen) atoms. The van der Waals surface area contributed by atoms with Gasteiger partial charge in [0.2, 0.25) is 10.0 Å². The molecule has 3 heterocycles. The largest absolute Gasteiger partial charge is 0.331 e. The minimum atomic E-state index is -4.06. The number of halogens is 1. The zero-order chi connectivity index (χ0) is 25.0. The number of hydrogen-bond acceptors (Lipinski definition) is 8. The fraction of sp³-hybridized carbons (Fsp3) is 0.476. The second-order valence-corrected chi connectivity index (χ2v) is 12.3. The molecule has 2 aliphatic rings. The van der Waals surface area contributed by atoms with Crippen LogP contribution in [0.4, 0.5) is 4.39 Å². The van der Waals surface area contributed by atoms with Gasteiger partial charge in [0.25, 0.3) is 5.56 Å². The van der Waals surface area contributed by atoms with Crippen LogP contribution in [0.15, 0.2) is 45.1 Å². The van der Waals surface area contributed by atoms with Gasteiger partial charge in [0.15, 0.2) is 0 Å². The van der Waals surface area contributed by atoms with Crippen LogP contribution < -0.4 is 26.8 Å². The topological polar surface area (TPSA) is 132 Å². The molecule has 1 aliphatic heterocycles. The Balaban J connectivity index is 1.63. The van der Waals surface area contributed by atoms with E-state index in [9.17, 15) is 22.4 Å². The highest BCUT2D eigenvalue weighted by atomic mass is 32.2. The molecule has 2 atom stereocenters. The van der Waals surface area contributed by atoms with Gasteiger partial charge >= 0.3 is 5.69 Å². The summed E-state index contributed by atoms with van der Waals surface area (Å²) in [5.41, 5.74) is 5.02.